The Morgan fingerprint density at radius 3 is 3.15 bits per heavy atom. The molecule has 1 aliphatic heterocycles. The molecule has 1 aromatic heterocycles. The zero-order chi connectivity index (χ0) is 8.84. The number of aryl methyl sites for hydroxylation is 2. The fraction of sp³-hybridized carbons (Fsp3) is 0.273. The van der Waals surface area contributed by atoms with Gasteiger partial charge in [-0.3, -0.25) is 0 Å². The largest absolute Gasteiger partial charge is 0.346 e. The van der Waals surface area contributed by atoms with Crippen molar-refractivity contribution in [2.24, 2.45) is 0 Å². The van der Waals surface area contributed by atoms with Crippen LogP contribution in [-0.4, -0.2) is 4.57 Å². The third-order valence-corrected chi connectivity index (χ3v) is 3.16. The summed E-state index contributed by atoms with van der Waals surface area (Å²) in [4.78, 5) is 1.11. The molecule has 0 radical (unpaired) electrons. The van der Waals surface area contributed by atoms with Crippen molar-refractivity contribution >= 4 is 23.5 Å². The zero-order valence-electron chi connectivity index (χ0n) is 7.33. The fourth-order valence-electron chi connectivity index (χ4n) is 2.24. The van der Waals surface area contributed by atoms with Crippen LogP contribution in [0.3, 0.4) is 0 Å². The molecule has 3 rings (SSSR count). The van der Waals surface area contributed by atoms with Crippen molar-refractivity contribution in [2.45, 2.75) is 24.3 Å². The number of nitrogens with zero attached hydrogens (tertiary/aromatic N) is 1. The Bertz CT molecular complexity index is 470. The van der Waals surface area contributed by atoms with Gasteiger partial charge in [-0.2, -0.15) is 0 Å². The van der Waals surface area contributed by atoms with Gasteiger partial charge in [0.2, 0.25) is 0 Å². The molecule has 0 amide bonds. The molecule has 2 heterocycles. The smallest absolute Gasteiger partial charge is 0.0524 e. The highest BCUT2D eigenvalue weighted by Gasteiger charge is 2.13. The highest BCUT2D eigenvalue weighted by molar-refractivity contribution is 7.80. The monoisotopic (exact) mass is 189 g/mol. The van der Waals surface area contributed by atoms with Crippen molar-refractivity contribution < 1.29 is 0 Å². The quantitative estimate of drug-likeness (QED) is 0.608. The number of thiol groups is 1. The molecule has 2 aromatic rings. The van der Waals surface area contributed by atoms with Gasteiger partial charge in [0.05, 0.1) is 5.52 Å². The number of rotatable bonds is 0. The van der Waals surface area contributed by atoms with E-state index in [-0.39, 0.29) is 0 Å². The summed E-state index contributed by atoms with van der Waals surface area (Å²) in [6, 6.07) is 6.52. The predicted molar refractivity (Wildman–Crippen MR) is 57.5 cm³/mol. The molecule has 0 saturated carbocycles. The van der Waals surface area contributed by atoms with Crippen LogP contribution in [0, 0.1) is 0 Å². The zero-order valence-corrected chi connectivity index (χ0v) is 8.22. The first-order valence-electron chi connectivity index (χ1n) is 4.66. The highest BCUT2D eigenvalue weighted by Crippen LogP contribution is 2.30. The Hall–Kier alpha value is -0.890. The van der Waals surface area contributed by atoms with Gasteiger partial charge in [0.25, 0.3) is 0 Å². The Morgan fingerprint density at radius 2 is 2.23 bits per heavy atom. The lowest BCUT2D eigenvalue weighted by Crippen LogP contribution is -2.05. The molecule has 1 aromatic carbocycles. The number of benzene rings is 1. The highest BCUT2D eigenvalue weighted by atomic mass is 32.1. The van der Waals surface area contributed by atoms with E-state index in [9.17, 15) is 0 Å². The second-order valence-corrected chi connectivity index (χ2v) is 4.11. The molecule has 0 aliphatic carbocycles. The van der Waals surface area contributed by atoms with Crippen LogP contribution >= 0.6 is 12.6 Å². The van der Waals surface area contributed by atoms with E-state index in [4.69, 9.17) is 0 Å². The van der Waals surface area contributed by atoms with E-state index >= 15 is 0 Å². The molecule has 1 nitrogen and oxygen atoms in total. The van der Waals surface area contributed by atoms with Crippen molar-refractivity contribution in [3.05, 3.63) is 30.0 Å². The van der Waals surface area contributed by atoms with Gasteiger partial charge in [-0.15, -0.1) is 12.6 Å². The van der Waals surface area contributed by atoms with Crippen LogP contribution < -0.4 is 0 Å². The van der Waals surface area contributed by atoms with Crippen molar-refractivity contribution in [3.8, 4) is 0 Å². The standard InChI is InChI=1S/C11H11NS/c13-10-7-12-6-2-4-8-3-1-5-9(10)11(8)12/h1,3,5,7,13H,2,4,6H2. The Labute approximate surface area is 82.8 Å². The molecule has 2 heteroatoms. The van der Waals surface area contributed by atoms with Crippen LogP contribution in [-0.2, 0) is 13.0 Å². The third kappa shape index (κ3) is 0.953. The molecular formula is C11H11NS. The maximum Gasteiger partial charge on any atom is 0.0524 e. The Kier molecular flexibility index (Phi) is 1.47. The minimum atomic E-state index is 1.11. The van der Waals surface area contributed by atoms with Crippen molar-refractivity contribution in [1.82, 2.24) is 4.57 Å². The fourth-order valence-corrected chi connectivity index (χ4v) is 2.56. The summed E-state index contributed by atoms with van der Waals surface area (Å²) in [7, 11) is 0. The second-order valence-electron chi connectivity index (χ2n) is 3.62. The van der Waals surface area contributed by atoms with E-state index in [1.54, 1.807) is 0 Å². The van der Waals surface area contributed by atoms with E-state index < -0.39 is 0 Å². The summed E-state index contributed by atoms with van der Waals surface area (Å²) in [6.07, 6.45) is 4.62. The minimum Gasteiger partial charge on any atom is -0.346 e. The number of hydrogen-bond donors (Lipinski definition) is 1. The van der Waals surface area contributed by atoms with Gasteiger partial charge in [0.1, 0.15) is 0 Å². The SMILES string of the molecule is Sc1cn2c3c(cccc13)CCC2. The van der Waals surface area contributed by atoms with Gasteiger partial charge < -0.3 is 4.57 Å². The normalized spacial score (nSPS) is 15.2. The van der Waals surface area contributed by atoms with Crippen LogP contribution in [0.5, 0.6) is 0 Å². The summed E-state index contributed by atoms with van der Waals surface area (Å²) in [5.41, 5.74) is 2.88. The Morgan fingerprint density at radius 1 is 1.31 bits per heavy atom. The van der Waals surface area contributed by atoms with Gasteiger partial charge in [-0.1, -0.05) is 18.2 Å². The van der Waals surface area contributed by atoms with E-state index in [2.05, 4.69) is 41.6 Å². The summed E-state index contributed by atoms with van der Waals surface area (Å²) in [6.45, 7) is 1.15. The maximum absolute atomic E-state index is 4.48. The van der Waals surface area contributed by atoms with E-state index in [1.165, 1.54) is 29.3 Å². The molecule has 0 unspecified atom stereocenters. The lowest BCUT2D eigenvalue weighted by Gasteiger charge is -2.14. The van der Waals surface area contributed by atoms with Gasteiger partial charge in [-0.05, 0) is 18.4 Å². The first-order valence-corrected chi connectivity index (χ1v) is 5.11. The summed E-state index contributed by atoms with van der Waals surface area (Å²) in [5.74, 6) is 0. The number of hydrogen-bond acceptors (Lipinski definition) is 1. The van der Waals surface area contributed by atoms with Crippen molar-refractivity contribution in [1.29, 1.82) is 0 Å². The third-order valence-electron chi connectivity index (χ3n) is 2.81. The van der Waals surface area contributed by atoms with E-state index in [0.29, 0.717) is 0 Å². The molecule has 0 spiro atoms. The average molecular weight is 189 g/mol. The number of para-hydroxylation sites is 1. The van der Waals surface area contributed by atoms with Gasteiger partial charge in [-0.25, -0.2) is 0 Å². The van der Waals surface area contributed by atoms with Crippen molar-refractivity contribution in [2.75, 3.05) is 0 Å². The molecule has 0 N–H and O–H groups in total. The van der Waals surface area contributed by atoms with E-state index in [1.807, 2.05) is 0 Å². The van der Waals surface area contributed by atoms with Gasteiger partial charge in [0.15, 0.2) is 0 Å². The first-order chi connectivity index (χ1) is 6.36. The summed E-state index contributed by atoms with van der Waals surface area (Å²) >= 11 is 4.48. The molecule has 0 atom stereocenters. The molecule has 66 valence electrons. The van der Waals surface area contributed by atoms with Crippen molar-refractivity contribution in [3.63, 3.8) is 0 Å². The Balaban J connectivity index is 2.51. The van der Waals surface area contributed by atoms with Gasteiger partial charge >= 0.3 is 0 Å². The van der Waals surface area contributed by atoms with Crippen LogP contribution in [0.15, 0.2) is 29.3 Å². The summed E-state index contributed by atoms with van der Waals surface area (Å²) < 4.78 is 2.33. The molecular weight excluding hydrogens is 178 g/mol. The molecule has 0 saturated heterocycles. The number of aromatic nitrogens is 1. The van der Waals surface area contributed by atoms with Crippen LogP contribution in [0.4, 0.5) is 0 Å². The van der Waals surface area contributed by atoms with Crippen LogP contribution in [0.1, 0.15) is 12.0 Å². The first kappa shape index (κ1) is 7.51. The second kappa shape index (κ2) is 2.55. The van der Waals surface area contributed by atoms with Crippen LogP contribution in [0.2, 0.25) is 0 Å². The lowest BCUT2D eigenvalue weighted by atomic mass is 10.0. The van der Waals surface area contributed by atoms with E-state index in [0.717, 1.165) is 11.4 Å². The molecule has 1 aliphatic rings. The lowest BCUT2D eigenvalue weighted by molar-refractivity contribution is 0.634. The van der Waals surface area contributed by atoms with Crippen LogP contribution in [0.25, 0.3) is 10.9 Å². The maximum atomic E-state index is 4.48. The molecule has 0 bridgehead atoms. The van der Waals surface area contributed by atoms with Gasteiger partial charge in [0, 0.05) is 23.0 Å². The predicted octanol–water partition coefficient (Wildman–Crippen LogP) is 2.88. The summed E-state index contributed by atoms with van der Waals surface area (Å²) in [5, 5.41) is 1.31. The minimum absolute atomic E-state index is 1.11. The topological polar surface area (TPSA) is 4.93 Å². The average Bonchev–Trinajstić information content (AvgIpc) is 2.47. The molecule has 0 fully saturated rings. The molecule has 13 heavy (non-hydrogen) atoms.